The van der Waals surface area contributed by atoms with Gasteiger partial charge < -0.3 is 9.72 Å². The largest absolute Gasteiger partial charge is 0.573 e. The summed E-state index contributed by atoms with van der Waals surface area (Å²) in [4.78, 5) is 7.81. The van der Waals surface area contributed by atoms with E-state index in [0.29, 0.717) is 17.0 Å². The summed E-state index contributed by atoms with van der Waals surface area (Å²) < 4.78 is 42.2. The Morgan fingerprint density at radius 3 is 2.55 bits per heavy atom. The highest BCUT2D eigenvalue weighted by Gasteiger charge is 2.32. The number of hydrogen-bond donors (Lipinski definition) is 1. The molecule has 3 nitrogen and oxygen atoms in total. The Balaban J connectivity index is 0.00000240. The van der Waals surface area contributed by atoms with Gasteiger partial charge in [0.15, 0.2) is 0 Å². The number of ether oxygens (including phenoxy) is 1. The highest BCUT2D eigenvalue weighted by Crippen LogP contribution is 2.34. The first-order chi connectivity index (χ1) is 13.5. The fourth-order valence-corrected chi connectivity index (χ4v) is 3.75. The van der Waals surface area contributed by atoms with Gasteiger partial charge in [-0.2, -0.15) is 0 Å². The number of aromatic nitrogens is 2. The molecular weight excluding hydrogens is 401 g/mol. The summed E-state index contributed by atoms with van der Waals surface area (Å²) in [5, 5.41) is 0. The number of halogens is 4. The number of para-hydroxylation sites is 1. The first-order valence-electron chi connectivity index (χ1n) is 9.51. The molecule has 0 saturated heterocycles. The van der Waals surface area contributed by atoms with Crippen LogP contribution in [0, 0.1) is 5.92 Å². The fourth-order valence-electron chi connectivity index (χ4n) is 3.75. The Bertz CT molecular complexity index is 991. The minimum Gasteiger partial charge on any atom is -0.405 e. The van der Waals surface area contributed by atoms with Crippen molar-refractivity contribution in [3.63, 3.8) is 0 Å². The molecule has 1 heterocycles. The van der Waals surface area contributed by atoms with Gasteiger partial charge in [0.25, 0.3) is 0 Å². The molecule has 0 atom stereocenters. The molecule has 0 bridgehead atoms. The van der Waals surface area contributed by atoms with Crippen LogP contribution in [0.4, 0.5) is 13.2 Å². The normalized spacial score (nSPS) is 15.6. The van der Waals surface area contributed by atoms with Crippen molar-refractivity contribution >= 4 is 29.5 Å². The Labute approximate surface area is 173 Å². The average molecular weight is 423 g/mol. The summed E-state index contributed by atoms with van der Waals surface area (Å²) >= 11 is 0. The molecule has 0 aliphatic heterocycles. The van der Waals surface area contributed by atoms with E-state index in [-0.39, 0.29) is 18.2 Å². The molecule has 1 aliphatic rings. The summed E-state index contributed by atoms with van der Waals surface area (Å²) in [6.07, 6.45) is 5.80. The smallest absolute Gasteiger partial charge is 0.405 e. The number of benzene rings is 2. The van der Waals surface area contributed by atoms with E-state index in [9.17, 15) is 13.2 Å². The van der Waals surface area contributed by atoms with E-state index < -0.39 is 6.36 Å². The summed E-state index contributed by atoms with van der Waals surface area (Å²) in [5.74, 6) is 1.15. The lowest BCUT2D eigenvalue weighted by molar-refractivity contribution is -0.274. The molecule has 2 aromatic carbocycles. The van der Waals surface area contributed by atoms with Gasteiger partial charge in [-0.3, -0.25) is 0 Å². The predicted molar refractivity (Wildman–Crippen MR) is 111 cm³/mol. The van der Waals surface area contributed by atoms with E-state index in [1.54, 1.807) is 24.3 Å². The third-order valence-electron chi connectivity index (χ3n) is 5.10. The maximum absolute atomic E-state index is 12.7. The number of fused-ring (bicyclic) bond motifs is 1. The molecule has 154 valence electrons. The predicted octanol–water partition coefficient (Wildman–Crippen LogP) is 7.14. The van der Waals surface area contributed by atoms with Crippen molar-refractivity contribution < 1.29 is 17.9 Å². The van der Waals surface area contributed by atoms with Crippen LogP contribution >= 0.6 is 12.4 Å². The van der Waals surface area contributed by atoms with Gasteiger partial charge in [-0.25, -0.2) is 4.98 Å². The summed E-state index contributed by atoms with van der Waals surface area (Å²) in [7, 11) is 0. The zero-order chi connectivity index (χ0) is 19.6. The highest BCUT2D eigenvalue weighted by atomic mass is 35.5. The zero-order valence-electron chi connectivity index (χ0n) is 15.7. The topological polar surface area (TPSA) is 37.9 Å². The molecule has 1 aliphatic carbocycles. The van der Waals surface area contributed by atoms with Gasteiger partial charge in [-0.05, 0) is 48.6 Å². The van der Waals surface area contributed by atoms with Crippen LogP contribution in [-0.4, -0.2) is 16.3 Å². The molecule has 0 radical (unpaired) electrons. The number of hydrogen-bond acceptors (Lipinski definition) is 2. The highest BCUT2D eigenvalue weighted by molar-refractivity contribution is 5.85. The van der Waals surface area contributed by atoms with Gasteiger partial charge in [0, 0.05) is 5.56 Å². The van der Waals surface area contributed by atoms with E-state index in [0.717, 1.165) is 16.9 Å². The SMILES string of the molecule is Cl.FC(F)(F)Oc1ccccc1-c1ccc2nc(C=CC3CCCCC3)[nH]c2c1. The van der Waals surface area contributed by atoms with Crippen molar-refractivity contribution in [2.75, 3.05) is 0 Å². The minimum atomic E-state index is -4.73. The molecule has 0 unspecified atom stereocenters. The lowest BCUT2D eigenvalue weighted by Crippen LogP contribution is -2.17. The second-order valence-electron chi connectivity index (χ2n) is 7.16. The first-order valence-corrected chi connectivity index (χ1v) is 9.51. The van der Waals surface area contributed by atoms with Crippen LogP contribution in [0.2, 0.25) is 0 Å². The van der Waals surface area contributed by atoms with Crippen molar-refractivity contribution in [1.82, 2.24) is 9.97 Å². The summed E-state index contributed by atoms with van der Waals surface area (Å²) in [5.41, 5.74) is 2.58. The number of allylic oxidation sites excluding steroid dienone is 1. The monoisotopic (exact) mass is 422 g/mol. The Kier molecular flexibility index (Phi) is 6.52. The number of rotatable bonds is 4. The van der Waals surface area contributed by atoms with Crippen molar-refractivity contribution in [3.05, 3.63) is 54.4 Å². The van der Waals surface area contributed by atoms with Crippen LogP contribution < -0.4 is 4.74 Å². The van der Waals surface area contributed by atoms with Crippen molar-refractivity contribution in [2.24, 2.45) is 5.92 Å². The minimum absolute atomic E-state index is 0. The lowest BCUT2D eigenvalue weighted by Gasteiger charge is -2.17. The van der Waals surface area contributed by atoms with E-state index >= 15 is 0 Å². The standard InChI is InChI=1S/C22H21F3N2O.ClH/c23-22(24,25)28-20-9-5-4-8-17(20)16-11-12-18-19(14-16)27-21(26-18)13-10-15-6-2-1-3-7-15;/h4-5,8-15H,1-3,6-7H2,(H,26,27);1H. The zero-order valence-corrected chi connectivity index (χ0v) is 16.5. The Morgan fingerprint density at radius 1 is 1.03 bits per heavy atom. The second-order valence-corrected chi connectivity index (χ2v) is 7.16. The van der Waals surface area contributed by atoms with Crippen molar-refractivity contribution in [2.45, 2.75) is 38.5 Å². The molecule has 1 N–H and O–H groups in total. The molecular formula is C22H22ClF3N2O. The number of aromatic amines is 1. The quantitative estimate of drug-likeness (QED) is 0.485. The molecule has 1 fully saturated rings. The second kappa shape index (κ2) is 8.91. The van der Waals surface area contributed by atoms with Gasteiger partial charge in [0.2, 0.25) is 0 Å². The number of alkyl halides is 3. The van der Waals surface area contributed by atoms with E-state index in [1.807, 2.05) is 12.1 Å². The van der Waals surface area contributed by atoms with Gasteiger partial charge in [-0.1, -0.05) is 49.6 Å². The van der Waals surface area contributed by atoms with Crippen LogP contribution in [0.1, 0.15) is 37.9 Å². The maximum Gasteiger partial charge on any atom is 0.573 e. The van der Waals surface area contributed by atoms with Gasteiger partial charge in [0.05, 0.1) is 11.0 Å². The van der Waals surface area contributed by atoms with E-state index in [1.165, 1.54) is 44.2 Å². The third kappa shape index (κ3) is 5.32. The number of imidazole rings is 1. The molecule has 4 rings (SSSR count). The van der Waals surface area contributed by atoms with Crippen LogP contribution in [0.5, 0.6) is 5.75 Å². The fraction of sp³-hybridized carbons (Fsp3) is 0.318. The van der Waals surface area contributed by atoms with Crippen LogP contribution in [0.25, 0.3) is 28.2 Å². The van der Waals surface area contributed by atoms with Crippen molar-refractivity contribution in [3.8, 4) is 16.9 Å². The molecule has 3 aromatic rings. The average Bonchev–Trinajstić information content (AvgIpc) is 3.08. The van der Waals surface area contributed by atoms with E-state index in [2.05, 4.69) is 20.8 Å². The van der Waals surface area contributed by atoms with Crippen LogP contribution in [0.15, 0.2) is 48.5 Å². The molecule has 7 heteroatoms. The lowest BCUT2D eigenvalue weighted by atomic mass is 9.89. The Morgan fingerprint density at radius 2 is 1.79 bits per heavy atom. The van der Waals surface area contributed by atoms with E-state index in [4.69, 9.17) is 0 Å². The molecule has 1 aromatic heterocycles. The Hall–Kier alpha value is -2.47. The van der Waals surface area contributed by atoms with Crippen LogP contribution in [-0.2, 0) is 0 Å². The first kappa shape index (κ1) is 21.2. The van der Waals surface area contributed by atoms with Gasteiger partial charge >= 0.3 is 6.36 Å². The van der Waals surface area contributed by atoms with Crippen molar-refractivity contribution in [1.29, 1.82) is 0 Å². The molecule has 1 saturated carbocycles. The molecule has 0 amide bonds. The summed E-state index contributed by atoms with van der Waals surface area (Å²) in [6, 6.07) is 11.5. The number of nitrogens with one attached hydrogen (secondary N) is 1. The van der Waals surface area contributed by atoms with Gasteiger partial charge in [0.1, 0.15) is 11.6 Å². The number of nitrogens with zero attached hydrogens (tertiary/aromatic N) is 1. The van der Waals surface area contributed by atoms with Crippen LogP contribution in [0.3, 0.4) is 0 Å². The molecule has 29 heavy (non-hydrogen) atoms. The number of H-pyrrole nitrogens is 1. The molecule has 0 spiro atoms. The van der Waals surface area contributed by atoms with Gasteiger partial charge in [-0.15, -0.1) is 25.6 Å². The third-order valence-corrected chi connectivity index (χ3v) is 5.10. The maximum atomic E-state index is 12.7. The summed E-state index contributed by atoms with van der Waals surface area (Å²) in [6.45, 7) is 0.